The Bertz CT molecular complexity index is 621. The van der Waals surface area contributed by atoms with E-state index in [0.29, 0.717) is 18.1 Å². The van der Waals surface area contributed by atoms with Crippen LogP contribution in [0.25, 0.3) is 0 Å². The minimum atomic E-state index is -0.251. The molecule has 0 fully saturated rings. The number of para-hydroxylation sites is 2. The Hall–Kier alpha value is -2.31. The Morgan fingerprint density at radius 3 is 2.90 bits per heavy atom. The monoisotopic (exact) mass is 287 g/mol. The number of nitrogens with one attached hydrogen (secondary N) is 1. The number of benzene rings is 1. The third-order valence-electron chi connectivity index (χ3n) is 3.41. The van der Waals surface area contributed by atoms with E-state index in [0.717, 1.165) is 11.3 Å². The molecule has 1 aliphatic rings. The maximum atomic E-state index is 5.98. The van der Waals surface area contributed by atoms with Gasteiger partial charge in [0.15, 0.2) is 17.6 Å². The number of hydrogen-bond acceptors (Lipinski definition) is 6. The first-order chi connectivity index (χ1) is 10.3. The van der Waals surface area contributed by atoms with Crippen LogP contribution in [0.3, 0.4) is 0 Å². The van der Waals surface area contributed by atoms with Crippen LogP contribution in [-0.4, -0.2) is 24.8 Å². The van der Waals surface area contributed by atoms with E-state index in [-0.39, 0.29) is 12.1 Å². The quantitative estimate of drug-likeness (QED) is 0.654. The van der Waals surface area contributed by atoms with Crippen molar-refractivity contribution >= 4 is 0 Å². The van der Waals surface area contributed by atoms with E-state index < -0.39 is 0 Å². The molecular formula is C15H17N3O3. The second-order valence-corrected chi connectivity index (χ2v) is 4.72. The first kappa shape index (κ1) is 13.7. The number of nitrogens with two attached hydrogens (primary N) is 1. The van der Waals surface area contributed by atoms with E-state index >= 15 is 0 Å². The zero-order valence-corrected chi connectivity index (χ0v) is 11.7. The van der Waals surface area contributed by atoms with Gasteiger partial charge in [0.05, 0.1) is 19.3 Å². The lowest BCUT2D eigenvalue weighted by Gasteiger charge is -2.32. The lowest BCUT2D eigenvalue weighted by molar-refractivity contribution is 0.0615. The van der Waals surface area contributed by atoms with E-state index in [2.05, 4.69) is 10.4 Å². The maximum absolute atomic E-state index is 5.98. The second-order valence-electron chi connectivity index (χ2n) is 4.72. The highest BCUT2D eigenvalue weighted by atomic mass is 16.6. The fourth-order valence-corrected chi connectivity index (χ4v) is 2.34. The molecule has 0 radical (unpaired) electrons. The molecule has 0 spiro atoms. The highest BCUT2D eigenvalue weighted by Gasteiger charge is 2.29. The molecule has 3 N–H and O–H groups in total. The van der Waals surface area contributed by atoms with Crippen LogP contribution >= 0.6 is 0 Å². The van der Waals surface area contributed by atoms with E-state index in [1.165, 1.54) is 0 Å². The van der Waals surface area contributed by atoms with Crippen LogP contribution in [0.2, 0.25) is 0 Å². The summed E-state index contributed by atoms with van der Waals surface area (Å²) < 4.78 is 16.9. The summed E-state index contributed by atoms with van der Waals surface area (Å²) in [5.74, 6) is 7.82. The molecule has 1 aromatic heterocycles. The van der Waals surface area contributed by atoms with Gasteiger partial charge in [-0.25, -0.2) is 5.43 Å². The topological polar surface area (TPSA) is 78.6 Å². The molecule has 1 aliphatic heterocycles. The van der Waals surface area contributed by atoms with Crippen molar-refractivity contribution in [3.05, 3.63) is 48.3 Å². The fraction of sp³-hybridized carbons (Fsp3) is 0.267. The number of aromatic nitrogens is 1. The SMILES string of the molecule is COc1cncc(C(NN)C2COc3ccccc3O2)c1. The number of methoxy groups -OCH3 is 1. The molecule has 0 amide bonds. The van der Waals surface area contributed by atoms with Crippen molar-refractivity contribution in [2.75, 3.05) is 13.7 Å². The number of hydrogen-bond donors (Lipinski definition) is 2. The zero-order chi connectivity index (χ0) is 14.7. The minimum Gasteiger partial charge on any atom is -0.495 e. The average molecular weight is 287 g/mol. The predicted molar refractivity (Wildman–Crippen MR) is 77.2 cm³/mol. The van der Waals surface area contributed by atoms with Crippen LogP contribution in [-0.2, 0) is 0 Å². The largest absolute Gasteiger partial charge is 0.495 e. The fourth-order valence-electron chi connectivity index (χ4n) is 2.34. The maximum Gasteiger partial charge on any atom is 0.161 e. The lowest BCUT2D eigenvalue weighted by atomic mass is 10.0. The average Bonchev–Trinajstić information content (AvgIpc) is 2.56. The number of fused-ring (bicyclic) bond motifs is 1. The number of rotatable bonds is 4. The second kappa shape index (κ2) is 5.99. The van der Waals surface area contributed by atoms with Gasteiger partial charge in [-0.3, -0.25) is 10.8 Å². The first-order valence-electron chi connectivity index (χ1n) is 6.65. The molecule has 21 heavy (non-hydrogen) atoms. The van der Waals surface area contributed by atoms with Gasteiger partial charge in [0.25, 0.3) is 0 Å². The highest BCUT2D eigenvalue weighted by Crippen LogP contribution is 2.34. The van der Waals surface area contributed by atoms with E-state index in [1.54, 1.807) is 19.5 Å². The smallest absolute Gasteiger partial charge is 0.161 e. The third-order valence-corrected chi connectivity index (χ3v) is 3.41. The van der Waals surface area contributed by atoms with Gasteiger partial charge in [-0.15, -0.1) is 0 Å². The first-order valence-corrected chi connectivity index (χ1v) is 6.65. The van der Waals surface area contributed by atoms with Gasteiger partial charge in [-0.2, -0.15) is 0 Å². The van der Waals surface area contributed by atoms with Crippen molar-refractivity contribution in [3.8, 4) is 17.2 Å². The normalized spacial score (nSPS) is 18.1. The van der Waals surface area contributed by atoms with Crippen molar-refractivity contribution in [3.63, 3.8) is 0 Å². The Balaban J connectivity index is 1.84. The van der Waals surface area contributed by atoms with E-state index in [1.807, 2.05) is 30.3 Å². The van der Waals surface area contributed by atoms with Gasteiger partial charge in [0.1, 0.15) is 12.4 Å². The van der Waals surface area contributed by atoms with Gasteiger partial charge in [0.2, 0.25) is 0 Å². The molecule has 6 heteroatoms. The molecule has 0 saturated carbocycles. The summed E-state index contributed by atoms with van der Waals surface area (Å²) in [5, 5.41) is 0. The summed E-state index contributed by atoms with van der Waals surface area (Å²) >= 11 is 0. The standard InChI is InChI=1S/C15H17N3O3/c1-19-11-6-10(7-17-8-11)15(18-16)14-9-20-12-4-2-3-5-13(12)21-14/h2-8,14-15,18H,9,16H2,1H3. The summed E-state index contributed by atoms with van der Waals surface area (Å²) in [7, 11) is 1.60. The van der Waals surface area contributed by atoms with Crippen LogP contribution in [0, 0.1) is 0 Å². The molecule has 2 unspecified atom stereocenters. The van der Waals surface area contributed by atoms with Gasteiger partial charge < -0.3 is 14.2 Å². The lowest BCUT2D eigenvalue weighted by Crippen LogP contribution is -2.44. The van der Waals surface area contributed by atoms with Crippen molar-refractivity contribution in [2.45, 2.75) is 12.1 Å². The van der Waals surface area contributed by atoms with Gasteiger partial charge in [0, 0.05) is 6.20 Å². The van der Waals surface area contributed by atoms with Gasteiger partial charge in [-0.1, -0.05) is 12.1 Å². The molecule has 2 heterocycles. The van der Waals surface area contributed by atoms with Crippen LogP contribution in [0.1, 0.15) is 11.6 Å². The van der Waals surface area contributed by atoms with E-state index in [4.69, 9.17) is 20.1 Å². The van der Waals surface area contributed by atoms with Gasteiger partial charge >= 0.3 is 0 Å². The van der Waals surface area contributed by atoms with Crippen LogP contribution in [0.4, 0.5) is 0 Å². The van der Waals surface area contributed by atoms with Gasteiger partial charge in [-0.05, 0) is 23.8 Å². The number of ether oxygens (including phenoxy) is 3. The minimum absolute atomic E-state index is 0.249. The Kier molecular flexibility index (Phi) is 3.89. The molecule has 2 atom stereocenters. The molecule has 3 rings (SSSR count). The number of hydrazine groups is 1. The molecule has 6 nitrogen and oxygen atoms in total. The Morgan fingerprint density at radius 2 is 2.14 bits per heavy atom. The Labute approximate surface area is 122 Å². The van der Waals surface area contributed by atoms with Crippen LogP contribution < -0.4 is 25.5 Å². The van der Waals surface area contributed by atoms with Crippen molar-refractivity contribution in [1.82, 2.24) is 10.4 Å². The third kappa shape index (κ3) is 2.76. The molecule has 110 valence electrons. The van der Waals surface area contributed by atoms with E-state index in [9.17, 15) is 0 Å². The van der Waals surface area contributed by atoms with Crippen LogP contribution in [0.15, 0.2) is 42.7 Å². The predicted octanol–water partition coefficient (Wildman–Crippen LogP) is 1.43. The summed E-state index contributed by atoms with van der Waals surface area (Å²) in [6.45, 7) is 0.406. The Morgan fingerprint density at radius 1 is 1.33 bits per heavy atom. The summed E-state index contributed by atoms with van der Waals surface area (Å²) in [5.41, 5.74) is 3.65. The summed E-state index contributed by atoms with van der Waals surface area (Å²) in [6.07, 6.45) is 3.13. The van der Waals surface area contributed by atoms with Crippen molar-refractivity contribution in [2.24, 2.45) is 5.84 Å². The zero-order valence-electron chi connectivity index (χ0n) is 11.7. The highest BCUT2D eigenvalue weighted by molar-refractivity contribution is 5.41. The molecule has 2 aromatic rings. The molecule has 0 bridgehead atoms. The number of nitrogens with zero attached hydrogens (tertiary/aromatic N) is 1. The van der Waals surface area contributed by atoms with Crippen molar-refractivity contribution < 1.29 is 14.2 Å². The van der Waals surface area contributed by atoms with Crippen LogP contribution in [0.5, 0.6) is 17.2 Å². The number of pyridine rings is 1. The summed E-state index contributed by atoms with van der Waals surface area (Å²) in [6, 6.07) is 9.19. The molecular weight excluding hydrogens is 270 g/mol. The molecule has 0 aliphatic carbocycles. The molecule has 0 saturated heterocycles. The van der Waals surface area contributed by atoms with Crippen molar-refractivity contribution in [1.29, 1.82) is 0 Å². The summed E-state index contributed by atoms with van der Waals surface area (Å²) in [4.78, 5) is 4.15. The molecule has 1 aromatic carbocycles.